The number of hydrogen-bond donors (Lipinski definition) is 1. The van der Waals surface area contributed by atoms with Crippen molar-refractivity contribution in [1.29, 1.82) is 0 Å². The number of ether oxygens (including phenoxy) is 5. The molecule has 0 aliphatic heterocycles. The molecule has 26 heavy (non-hydrogen) atoms. The van der Waals surface area contributed by atoms with E-state index in [0.717, 1.165) is 5.56 Å². The first kappa shape index (κ1) is 19.6. The molecular formula is C19H22O7. The van der Waals surface area contributed by atoms with E-state index >= 15 is 0 Å². The largest absolute Gasteiger partial charge is 0.507 e. The first-order valence-electron chi connectivity index (χ1n) is 7.85. The summed E-state index contributed by atoms with van der Waals surface area (Å²) in [5.41, 5.74) is 0.857. The minimum absolute atomic E-state index is 0.00228. The third kappa shape index (κ3) is 5.11. The van der Waals surface area contributed by atoms with Gasteiger partial charge in [0.15, 0.2) is 19.4 Å². The smallest absolute Gasteiger partial charge is 0.188 e. The molecule has 0 aliphatic rings. The Morgan fingerprint density at radius 1 is 0.923 bits per heavy atom. The van der Waals surface area contributed by atoms with Crippen LogP contribution in [-0.4, -0.2) is 45.8 Å². The molecule has 0 unspecified atom stereocenters. The SMILES string of the molecule is COCOc1cc(O)c(C(=O)Cc2ccc(OC)cc2)c(OCOC)c1. The van der Waals surface area contributed by atoms with Crippen LogP contribution in [-0.2, 0) is 15.9 Å². The van der Waals surface area contributed by atoms with Gasteiger partial charge >= 0.3 is 0 Å². The number of benzene rings is 2. The highest BCUT2D eigenvalue weighted by Gasteiger charge is 2.20. The van der Waals surface area contributed by atoms with E-state index in [2.05, 4.69) is 0 Å². The second kappa shape index (κ2) is 9.65. The van der Waals surface area contributed by atoms with Crippen molar-refractivity contribution in [3.63, 3.8) is 0 Å². The Morgan fingerprint density at radius 2 is 1.58 bits per heavy atom. The van der Waals surface area contributed by atoms with Gasteiger partial charge in [0.1, 0.15) is 28.6 Å². The Balaban J connectivity index is 2.27. The Labute approximate surface area is 152 Å². The van der Waals surface area contributed by atoms with E-state index in [0.29, 0.717) is 11.5 Å². The average molecular weight is 362 g/mol. The first-order chi connectivity index (χ1) is 12.6. The van der Waals surface area contributed by atoms with E-state index in [1.54, 1.807) is 31.4 Å². The number of carbonyl (C=O) groups excluding carboxylic acids is 1. The van der Waals surface area contributed by atoms with Crippen LogP contribution in [0.3, 0.4) is 0 Å². The van der Waals surface area contributed by atoms with Crippen molar-refractivity contribution in [2.75, 3.05) is 34.9 Å². The van der Waals surface area contributed by atoms with Crippen molar-refractivity contribution >= 4 is 5.78 Å². The van der Waals surface area contributed by atoms with Gasteiger partial charge in [-0.3, -0.25) is 4.79 Å². The number of ketones is 1. The summed E-state index contributed by atoms with van der Waals surface area (Å²) in [5, 5.41) is 10.3. The lowest BCUT2D eigenvalue weighted by molar-refractivity contribution is 0.0452. The molecule has 0 atom stereocenters. The van der Waals surface area contributed by atoms with Crippen molar-refractivity contribution in [2.45, 2.75) is 6.42 Å². The van der Waals surface area contributed by atoms with Gasteiger partial charge in [0.05, 0.1) is 7.11 Å². The first-order valence-corrected chi connectivity index (χ1v) is 7.85. The monoisotopic (exact) mass is 362 g/mol. The van der Waals surface area contributed by atoms with E-state index < -0.39 is 0 Å². The number of hydrogen-bond acceptors (Lipinski definition) is 7. The quantitative estimate of drug-likeness (QED) is 0.514. The van der Waals surface area contributed by atoms with Crippen molar-refractivity contribution in [3.8, 4) is 23.0 Å². The van der Waals surface area contributed by atoms with Crippen LogP contribution in [0.4, 0.5) is 0 Å². The van der Waals surface area contributed by atoms with Gasteiger partial charge in [0, 0.05) is 32.8 Å². The van der Waals surface area contributed by atoms with Crippen LogP contribution >= 0.6 is 0 Å². The lowest BCUT2D eigenvalue weighted by Gasteiger charge is -2.14. The number of methoxy groups -OCH3 is 3. The van der Waals surface area contributed by atoms with Crippen LogP contribution in [0.1, 0.15) is 15.9 Å². The van der Waals surface area contributed by atoms with Crippen molar-refractivity contribution in [1.82, 2.24) is 0 Å². The Bertz CT molecular complexity index is 725. The molecule has 0 heterocycles. The molecule has 7 heteroatoms. The zero-order valence-electron chi connectivity index (χ0n) is 15.0. The second-order valence-corrected chi connectivity index (χ2v) is 5.37. The van der Waals surface area contributed by atoms with E-state index in [-0.39, 0.29) is 42.9 Å². The standard InChI is InChI=1S/C19H22O7/c1-22-11-25-15-9-17(21)19(18(10-15)26-12-23-2)16(20)8-13-4-6-14(24-3)7-5-13/h4-7,9-10,21H,8,11-12H2,1-3H3. The predicted molar refractivity (Wildman–Crippen MR) is 94.1 cm³/mol. The topological polar surface area (TPSA) is 83.5 Å². The number of carbonyl (C=O) groups is 1. The molecule has 0 aliphatic carbocycles. The summed E-state index contributed by atoms with van der Waals surface area (Å²) in [7, 11) is 4.52. The number of phenols is 1. The summed E-state index contributed by atoms with van der Waals surface area (Å²) < 4.78 is 25.6. The second-order valence-electron chi connectivity index (χ2n) is 5.37. The summed E-state index contributed by atoms with van der Waals surface area (Å²) in [6, 6.07) is 9.98. The van der Waals surface area contributed by atoms with Crippen molar-refractivity contribution in [2.24, 2.45) is 0 Å². The summed E-state index contributed by atoms with van der Waals surface area (Å²) in [5.74, 6) is 0.668. The van der Waals surface area contributed by atoms with E-state index in [1.165, 1.54) is 26.4 Å². The lowest BCUT2D eigenvalue weighted by atomic mass is 10.0. The highest BCUT2D eigenvalue weighted by atomic mass is 16.7. The fourth-order valence-electron chi connectivity index (χ4n) is 2.32. The van der Waals surface area contributed by atoms with Crippen LogP contribution in [0.2, 0.25) is 0 Å². The van der Waals surface area contributed by atoms with Gasteiger partial charge < -0.3 is 28.8 Å². The van der Waals surface area contributed by atoms with E-state index in [1.807, 2.05) is 0 Å². The fraction of sp³-hybridized carbons (Fsp3) is 0.316. The molecule has 0 fully saturated rings. The molecule has 7 nitrogen and oxygen atoms in total. The van der Waals surface area contributed by atoms with Gasteiger partial charge in [0.2, 0.25) is 0 Å². The molecule has 0 bridgehead atoms. The van der Waals surface area contributed by atoms with Gasteiger partial charge in [-0.2, -0.15) is 0 Å². The molecule has 1 N–H and O–H groups in total. The van der Waals surface area contributed by atoms with Crippen LogP contribution in [0.15, 0.2) is 36.4 Å². The van der Waals surface area contributed by atoms with Gasteiger partial charge in [-0.25, -0.2) is 0 Å². The maximum absolute atomic E-state index is 12.7. The van der Waals surface area contributed by atoms with Crippen LogP contribution in [0.5, 0.6) is 23.0 Å². The normalized spacial score (nSPS) is 10.4. The zero-order valence-corrected chi connectivity index (χ0v) is 15.0. The molecule has 0 radical (unpaired) electrons. The molecular weight excluding hydrogens is 340 g/mol. The average Bonchev–Trinajstić information content (AvgIpc) is 2.64. The van der Waals surface area contributed by atoms with Gasteiger partial charge in [-0.05, 0) is 17.7 Å². The van der Waals surface area contributed by atoms with Crippen LogP contribution in [0.25, 0.3) is 0 Å². The third-order valence-electron chi connectivity index (χ3n) is 3.53. The summed E-state index contributed by atoms with van der Waals surface area (Å²) in [4.78, 5) is 12.7. The highest BCUT2D eigenvalue weighted by molar-refractivity contribution is 6.02. The highest BCUT2D eigenvalue weighted by Crippen LogP contribution is 2.34. The van der Waals surface area contributed by atoms with Crippen LogP contribution in [0, 0.1) is 0 Å². The minimum Gasteiger partial charge on any atom is -0.507 e. The van der Waals surface area contributed by atoms with Gasteiger partial charge in [-0.1, -0.05) is 12.1 Å². The summed E-state index contributed by atoms with van der Waals surface area (Å²) in [6.07, 6.45) is 0.0964. The fourth-order valence-corrected chi connectivity index (χ4v) is 2.32. The van der Waals surface area contributed by atoms with Gasteiger partial charge in [0.25, 0.3) is 0 Å². The molecule has 2 rings (SSSR count). The molecule has 0 saturated heterocycles. The Kier molecular flexibility index (Phi) is 7.25. The summed E-state index contributed by atoms with van der Waals surface area (Å²) >= 11 is 0. The molecule has 0 saturated carbocycles. The van der Waals surface area contributed by atoms with Crippen LogP contribution < -0.4 is 14.2 Å². The number of rotatable bonds is 10. The Hall–Kier alpha value is -2.77. The van der Waals surface area contributed by atoms with Crippen molar-refractivity contribution in [3.05, 3.63) is 47.5 Å². The predicted octanol–water partition coefficient (Wildman–Crippen LogP) is 2.79. The van der Waals surface area contributed by atoms with E-state index in [9.17, 15) is 9.90 Å². The van der Waals surface area contributed by atoms with E-state index in [4.69, 9.17) is 23.7 Å². The van der Waals surface area contributed by atoms with Gasteiger partial charge in [-0.15, -0.1) is 0 Å². The minimum atomic E-state index is -0.294. The third-order valence-corrected chi connectivity index (χ3v) is 3.53. The Morgan fingerprint density at radius 3 is 2.19 bits per heavy atom. The lowest BCUT2D eigenvalue weighted by Crippen LogP contribution is -2.10. The zero-order chi connectivity index (χ0) is 18.9. The number of Topliss-reactive ketones (excluding diaryl/α,β-unsaturated/α-hetero) is 1. The molecule has 0 amide bonds. The molecule has 0 spiro atoms. The molecule has 2 aromatic carbocycles. The maximum atomic E-state index is 12.7. The molecule has 140 valence electrons. The van der Waals surface area contributed by atoms with Crippen molar-refractivity contribution < 1.29 is 33.6 Å². The maximum Gasteiger partial charge on any atom is 0.188 e. The number of phenolic OH excluding ortho intramolecular Hbond substituents is 1. The molecule has 0 aromatic heterocycles. The molecule has 2 aromatic rings. The summed E-state index contributed by atoms with van der Waals surface area (Å²) in [6.45, 7) is -0.0711. The number of aromatic hydroxyl groups is 1.